The van der Waals surface area contributed by atoms with Gasteiger partial charge >= 0.3 is 6.03 Å². The molecule has 50 heavy (non-hydrogen) atoms. The Morgan fingerprint density at radius 1 is 1.06 bits per heavy atom. The molecule has 0 spiro atoms. The van der Waals surface area contributed by atoms with E-state index in [0.29, 0.717) is 43.1 Å². The Balaban J connectivity index is 1.24. The minimum atomic E-state index is -2.37. The lowest BCUT2D eigenvalue weighted by Crippen LogP contribution is -2.63. The molecule has 6 rings (SSSR count). The SMILES string of the molecule is C=CCNC(=O)C(=O)C(CC1CC1)NC(=O)C1C2C(CN1C(=O)C(NC(=O)NC1(CS(=O)[O-])CCCCC1)C1Cc3ccccc3C1)[N+]2(C)C. The minimum absolute atomic E-state index is 0.00373. The molecule has 0 radical (unpaired) electrons. The molecule has 2 aliphatic heterocycles. The highest BCUT2D eigenvalue weighted by Crippen LogP contribution is 2.46. The predicted molar refractivity (Wildman–Crippen MR) is 185 cm³/mol. The number of hydrogen-bond acceptors (Lipinski definition) is 7. The second kappa shape index (κ2) is 14.5. The number of quaternary nitrogens is 1. The first-order valence-electron chi connectivity index (χ1n) is 17.9. The van der Waals surface area contributed by atoms with Crippen LogP contribution in [0.1, 0.15) is 62.5 Å². The largest absolute Gasteiger partial charge is 0.772 e. The van der Waals surface area contributed by atoms with Gasteiger partial charge in [-0.2, -0.15) is 0 Å². The molecule has 3 aliphatic carbocycles. The van der Waals surface area contributed by atoms with Gasteiger partial charge in [0.1, 0.15) is 6.04 Å². The first kappa shape index (κ1) is 36.2. The topological polar surface area (TPSA) is 177 Å². The van der Waals surface area contributed by atoms with Gasteiger partial charge in [-0.1, -0.05) is 73.5 Å². The molecule has 0 bridgehead atoms. The van der Waals surface area contributed by atoms with Gasteiger partial charge in [-0.05, 0) is 55.1 Å². The summed E-state index contributed by atoms with van der Waals surface area (Å²) in [4.78, 5) is 70.2. The molecule has 14 heteroatoms. The smallest absolute Gasteiger partial charge is 0.315 e. The highest BCUT2D eigenvalue weighted by Gasteiger charge is 2.73. The quantitative estimate of drug-likeness (QED) is 0.0728. The number of benzene rings is 1. The standard InChI is InChI=1S/C36H50N6O7S/c1-4-16-37-33(45)31(43)26(17-22-12-13-22)38-32(44)29-30-27(42(30,2)3)20-41(29)34(46)28(25-18-23-10-6-7-11-24(23)19-25)39-35(47)40-36(21-50(48)49)14-8-5-9-15-36/h4,6-7,10-11,22,25-30H,1,5,8-9,12-21H2,2-3H3,(H4-,37,38,39,40,44,45,47,48,49). The number of hydrogen-bond donors (Lipinski definition) is 4. The molecule has 1 aromatic carbocycles. The van der Waals surface area contributed by atoms with Gasteiger partial charge in [0.15, 0.2) is 18.1 Å². The number of Topliss-reactive ketones (excluding diaryl/α,β-unsaturated/α-hetero) is 1. The molecule has 0 aromatic heterocycles. The van der Waals surface area contributed by atoms with Crippen molar-refractivity contribution in [3.63, 3.8) is 0 Å². The maximum Gasteiger partial charge on any atom is 0.315 e. The zero-order valence-electron chi connectivity index (χ0n) is 29.0. The third-order valence-corrected chi connectivity index (χ3v) is 12.5. The number of urea groups is 1. The summed E-state index contributed by atoms with van der Waals surface area (Å²) in [5.41, 5.74) is 1.27. The van der Waals surface area contributed by atoms with Crippen LogP contribution in [0, 0.1) is 11.8 Å². The van der Waals surface area contributed by atoms with Gasteiger partial charge in [-0.3, -0.25) is 23.4 Å². The Morgan fingerprint density at radius 3 is 2.32 bits per heavy atom. The first-order valence-corrected chi connectivity index (χ1v) is 19.2. The van der Waals surface area contributed by atoms with Crippen LogP contribution < -0.4 is 21.3 Å². The average Bonchev–Trinajstić information content (AvgIpc) is 3.83. The first-order chi connectivity index (χ1) is 23.8. The molecular weight excluding hydrogens is 660 g/mol. The number of fused-ring (bicyclic) bond motifs is 2. The third-order valence-electron chi connectivity index (χ3n) is 11.7. The molecule has 4 N–H and O–H groups in total. The van der Waals surface area contributed by atoms with E-state index in [1.54, 1.807) is 4.90 Å². The Hall–Kier alpha value is -3.62. The van der Waals surface area contributed by atoms with Crippen LogP contribution in [0.3, 0.4) is 0 Å². The molecule has 1 aromatic rings. The lowest BCUT2D eigenvalue weighted by Gasteiger charge is -2.40. The van der Waals surface area contributed by atoms with Crippen molar-refractivity contribution in [3.8, 4) is 0 Å². The number of likely N-dealkylation sites (N-methyl/N-ethyl adjacent to an activating group) is 1. The van der Waals surface area contributed by atoms with Crippen LogP contribution in [0.15, 0.2) is 36.9 Å². The van der Waals surface area contributed by atoms with E-state index in [-0.39, 0.29) is 42.1 Å². The van der Waals surface area contributed by atoms with Crippen molar-refractivity contribution in [1.29, 1.82) is 0 Å². The molecule has 6 unspecified atom stereocenters. The molecule has 272 valence electrons. The summed E-state index contributed by atoms with van der Waals surface area (Å²) in [7, 11) is 4.01. The van der Waals surface area contributed by atoms with Gasteiger partial charge in [-0.15, -0.1) is 6.58 Å². The molecular formula is C36H50N6O7S. The second-order valence-electron chi connectivity index (χ2n) is 15.5. The monoisotopic (exact) mass is 710 g/mol. The summed E-state index contributed by atoms with van der Waals surface area (Å²) >= 11 is -2.37. The van der Waals surface area contributed by atoms with E-state index in [4.69, 9.17) is 0 Å². The van der Waals surface area contributed by atoms with Crippen LogP contribution in [-0.2, 0) is 43.1 Å². The summed E-state index contributed by atoms with van der Waals surface area (Å²) in [5, 5.41) is 11.3. The van der Waals surface area contributed by atoms with Crippen molar-refractivity contribution < 1.29 is 37.2 Å². The highest BCUT2D eigenvalue weighted by molar-refractivity contribution is 7.79. The fourth-order valence-corrected chi connectivity index (χ4v) is 9.57. The van der Waals surface area contributed by atoms with Gasteiger partial charge in [-0.25, -0.2) is 4.79 Å². The molecule has 2 heterocycles. The lowest BCUT2D eigenvalue weighted by atomic mass is 9.83. The Labute approximate surface area is 296 Å². The number of amides is 5. The van der Waals surface area contributed by atoms with Gasteiger partial charge in [0, 0.05) is 12.3 Å². The van der Waals surface area contributed by atoms with Crippen molar-refractivity contribution in [3.05, 3.63) is 48.0 Å². The fraction of sp³-hybridized carbons (Fsp3) is 0.639. The molecule has 13 nitrogen and oxygen atoms in total. The number of rotatable bonds is 14. The maximum atomic E-state index is 14.8. The normalized spacial score (nSPS) is 26.4. The number of nitrogens with one attached hydrogen (secondary N) is 4. The van der Waals surface area contributed by atoms with Crippen LogP contribution >= 0.6 is 0 Å². The van der Waals surface area contributed by atoms with Gasteiger partial charge in [0.05, 0.1) is 32.2 Å². The van der Waals surface area contributed by atoms with Crippen molar-refractivity contribution in [2.45, 2.75) is 100.0 Å². The van der Waals surface area contributed by atoms with Crippen molar-refractivity contribution >= 4 is 40.6 Å². The van der Waals surface area contributed by atoms with Gasteiger partial charge < -0.3 is 35.2 Å². The molecule has 4 fully saturated rings. The predicted octanol–water partition coefficient (Wildman–Crippen LogP) is 0.845. The van der Waals surface area contributed by atoms with E-state index in [0.717, 1.165) is 43.2 Å². The minimum Gasteiger partial charge on any atom is -0.772 e. The zero-order chi connectivity index (χ0) is 35.8. The van der Waals surface area contributed by atoms with Crippen LogP contribution in [0.5, 0.6) is 0 Å². The molecule has 2 saturated heterocycles. The van der Waals surface area contributed by atoms with E-state index in [9.17, 15) is 32.7 Å². The number of piperazine rings is 1. The number of carbonyl (C=O) groups is 5. The van der Waals surface area contributed by atoms with E-state index in [2.05, 4.69) is 27.8 Å². The molecule has 2 saturated carbocycles. The summed E-state index contributed by atoms with van der Waals surface area (Å²) in [6, 6.07) is 4.19. The number of nitrogens with zero attached hydrogens (tertiary/aromatic N) is 2. The number of carbonyl (C=O) groups excluding carboxylic acids is 5. The van der Waals surface area contributed by atoms with Crippen molar-refractivity contribution in [2.24, 2.45) is 11.8 Å². The van der Waals surface area contributed by atoms with Crippen LogP contribution in [0.2, 0.25) is 0 Å². The Morgan fingerprint density at radius 2 is 1.72 bits per heavy atom. The Kier molecular flexibility index (Phi) is 10.5. The second-order valence-corrected chi connectivity index (χ2v) is 16.4. The summed E-state index contributed by atoms with van der Waals surface area (Å²) in [6.45, 7) is 4.00. The van der Waals surface area contributed by atoms with Crippen molar-refractivity contribution in [1.82, 2.24) is 26.2 Å². The zero-order valence-corrected chi connectivity index (χ0v) is 29.8. The summed E-state index contributed by atoms with van der Waals surface area (Å²) in [5.74, 6) is -2.64. The van der Waals surface area contributed by atoms with Gasteiger partial charge in [0.2, 0.25) is 17.6 Å². The van der Waals surface area contributed by atoms with E-state index in [1.807, 2.05) is 38.4 Å². The lowest BCUT2D eigenvalue weighted by molar-refractivity contribution is -0.788. The van der Waals surface area contributed by atoms with Gasteiger partial charge in [0.25, 0.3) is 5.91 Å². The van der Waals surface area contributed by atoms with E-state index >= 15 is 0 Å². The van der Waals surface area contributed by atoms with E-state index in [1.165, 1.54) is 6.08 Å². The maximum absolute atomic E-state index is 14.8. The molecule has 6 atom stereocenters. The summed E-state index contributed by atoms with van der Waals surface area (Å²) < 4.78 is 24.2. The van der Waals surface area contributed by atoms with Crippen LogP contribution in [0.25, 0.3) is 0 Å². The van der Waals surface area contributed by atoms with E-state index < -0.39 is 58.4 Å². The number of ketones is 1. The molecule has 5 amide bonds. The third kappa shape index (κ3) is 7.67. The Bertz CT molecular complexity index is 1530. The van der Waals surface area contributed by atoms with Crippen molar-refractivity contribution in [2.75, 3.05) is 32.9 Å². The van der Waals surface area contributed by atoms with Crippen LogP contribution in [-0.4, -0.2) is 116 Å². The average molecular weight is 711 g/mol. The summed E-state index contributed by atoms with van der Waals surface area (Å²) in [6.07, 6.45) is 8.36. The van der Waals surface area contributed by atoms with Crippen LogP contribution in [0.4, 0.5) is 4.79 Å². The molecule has 5 aliphatic rings. The number of likely N-dealkylation sites (tertiary alicyclic amines) is 1. The highest BCUT2D eigenvalue weighted by atomic mass is 32.2. The fourth-order valence-electron chi connectivity index (χ4n) is 8.76.